The molecule has 0 atom stereocenters. The zero-order chi connectivity index (χ0) is 18.5. The Labute approximate surface area is 162 Å². The van der Waals surface area contributed by atoms with Gasteiger partial charge in [0, 0.05) is 31.9 Å². The Morgan fingerprint density at radius 3 is 2.58 bits per heavy atom. The largest absolute Gasteiger partial charge is 0.370 e. The molecule has 0 spiro atoms. The van der Waals surface area contributed by atoms with Gasteiger partial charge in [-0.15, -0.1) is 0 Å². The number of carbonyl (C=O) groups excluding carboxylic acids is 1. The lowest BCUT2D eigenvalue weighted by Gasteiger charge is -2.23. The topological polar surface area (TPSA) is 35.6 Å². The van der Waals surface area contributed by atoms with Gasteiger partial charge in [-0.1, -0.05) is 29.3 Å². The summed E-state index contributed by atoms with van der Waals surface area (Å²) in [6, 6.07) is 11.7. The van der Waals surface area contributed by atoms with Crippen LogP contribution in [0.25, 0.3) is 0 Å². The van der Waals surface area contributed by atoms with Crippen LogP contribution in [0, 0.1) is 5.82 Å². The molecule has 1 aliphatic heterocycles. The van der Waals surface area contributed by atoms with E-state index in [4.69, 9.17) is 23.2 Å². The maximum atomic E-state index is 13.1. The Morgan fingerprint density at radius 2 is 1.81 bits per heavy atom. The van der Waals surface area contributed by atoms with E-state index < -0.39 is 0 Å². The van der Waals surface area contributed by atoms with Crippen molar-refractivity contribution in [2.75, 3.05) is 42.9 Å². The predicted octanol–water partition coefficient (Wildman–Crippen LogP) is 4.28. The van der Waals surface area contributed by atoms with Crippen LogP contribution < -0.4 is 10.2 Å². The molecule has 4 nitrogen and oxygen atoms in total. The van der Waals surface area contributed by atoms with E-state index in [0.717, 1.165) is 38.3 Å². The van der Waals surface area contributed by atoms with Crippen LogP contribution >= 0.6 is 23.2 Å². The normalized spacial score (nSPS) is 15.6. The molecule has 0 unspecified atom stereocenters. The van der Waals surface area contributed by atoms with E-state index in [0.29, 0.717) is 22.3 Å². The third-order valence-corrected chi connectivity index (χ3v) is 5.19. The molecular weight excluding hydrogens is 376 g/mol. The standard InChI is InChI=1S/C19H20Cl2FN3O/c20-16-3-1-4-17(19(16)21)23-18(26)13-24-9-2-10-25(12-11-24)15-7-5-14(22)6-8-15/h1,3-8H,2,9-13H2,(H,23,26). The van der Waals surface area contributed by atoms with Crippen LogP contribution in [0.15, 0.2) is 42.5 Å². The van der Waals surface area contributed by atoms with Gasteiger partial charge < -0.3 is 10.2 Å². The van der Waals surface area contributed by atoms with Gasteiger partial charge in [-0.3, -0.25) is 9.69 Å². The van der Waals surface area contributed by atoms with Crippen LogP contribution in [0.3, 0.4) is 0 Å². The Kier molecular flexibility index (Phi) is 6.35. The SMILES string of the molecule is O=C(CN1CCCN(c2ccc(F)cc2)CC1)Nc1cccc(Cl)c1Cl. The highest BCUT2D eigenvalue weighted by Crippen LogP contribution is 2.29. The number of halogens is 3. The summed E-state index contributed by atoms with van der Waals surface area (Å²) in [6.45, 7) is 3.54. The summed E-state index contributed by atoms with van der Waals surface area (Å²) in [4.78, 5) is 16.7. The van der Waals surface area contributed by atoms with Gasteiger partial charge in [0.05, 0.1) is 22.3 Å². The summed E-state index contributed by atoms with van der Waals surface area (Å²) in [5, 5.41) is 3.57. The molecule has 0 saturated carbocycles. The highest BCUT2D eigenvalue weighted by molar-refractivity contribution is 6.44. The van der Waals surface area contributed by atoms with E-state index in [1.165, 1.54) is 12.1 Å². The third kappa shape index (κ3) is 4.87. The lowest BCUT2D eigenvalue weighted by molar-refractivity contribution is -0.117. The number of hydrogen-bond acceptors (Lipinski definition) is 3. The number of amides is 1. The molecule has 1 saturated heterocycles. The molecule has 7 heteroatoms. The van der Waals surface area contributed by atoms with Crippen LogP contribution in [0.5, 0.6) is 0 Å². The second kappa shape index (κ2) is 8.71. The van der Waals surface area contributed by atoms with Gasteiger partial charge in [-0.25, -0.2) is 4.39 Å². The first-order valence-electron chi connectivity index (χ1n) is 8.49. The monoisotopic (exact) mass is 395 g/mol. The Balaban J connectivity index is 1.55. The summed E-state index contributed by atoms with van der Waals surface area (Å²) >= 11 is 12.1. The first-order valence-corrected chi connectivity index (χ1v) is 9.25. The van der Waals surface area contributed by atoms with Gasteiger partial charge in [0.1, 0.15) is 5.82 Å². The van der Waals surface area contributed by atoms with Crippen molar-refractivity contribution in [3.8, 4) is 0 Å². The quantitative estimate of drug-likeness (QED) is 0.838. The first kappa shape index (κ1) is 19.0. The average molecular weight is 396 g/mol. The minimum absolute atomic E-state index is 0.121. The molecule has 0 aliphatic carbocycles. The maximum Gasteiger partial charge on any atom is 0.238 e. The molecule has 3 rings (SSSR count). The molecule has 1 aliphatic rings. The Bertz CT molecular complexity index is 770. The Morgan fingerprint density at radius 1 is 1.04 bits per heavy atom. The second-order valence-corrected chi connectivity index (χ2v) is 7.03. The van der Waals surface area contributed by atoms with Gasteiger partial charge in [0.25, 0.3) is 0 Å². The summed E-state index contributed by atoms with van der Waals surface area (Å²) in [5.41, 5.74) is 1.52. The predicted molar refractivity (Wildman–Crippen MR) is 105 cm³/mol. The van der Waals surface area contributed by atoms with Crippen LogP contribution in [0.4, 0.5) is 15.8 Å². The molecule has 1 amide bonds. The minimum atomic E-state index is -0.235. The van der Waals surface area contributed by atoms with Gasteiger partial charge in [-0.2, -0.15) is 0 Å². The zero-order valence-corrected chi connectivity index (χ0v) is 15.7. The smallest absolute Gasteiger partial charge is 0.238 e. The van der Waals surface area contributed by atoms with Crippen molar-refractivity contribution in [1.29, 1.82) is 0 Å². The van der Waals surface area contributed by atoms with Crippen molar-refractivity contribution in [3.05, 3.63) is 58.3 Å². The summed E-state index contributed by atoms with van der Waals surface area (Å²) in [5.74, 6) is -0.356. The van der Waals surface area contributed by atoms with Gasteiger partial charge in [-0.05, 0) is 42.8 Å². The van der Waals surface area contributed by atoms with E-state index in [1.807, 2.05) is 0 Å². The van der Waals surface area contributed by atoms with Crippen molar-refractivity contribution in [2.24, 2.45) is 0 Å². The fourth-order valence-corrected chi connectivity index (χ4v) is 3.38. The number of benzene rings is 2. The van der Waals surface area contributed by atoms with Gasteiger partial charge >= 0.3 is 0 Å². The molecule has 2 aromatic rings. The first-order chi connectivity index (χ1) is 12.5. The second-order valence-electron chi connectivity index (χ2n) is 6.24. The van der Waals surface area contributed by atoms with E-state index in [2.05, 4.69) is 15.1 Å². The van der Waals surface area contributed by atoms with Gasteiger partial charge in [0.15, 0.2) is 0 Å². The van der Waals surface area contributed by atoms with E-state index in [9.17, 15) is 9.18 Å². The molecule has 26 heavy (non-hydrogen) atoms. The summed E-state index contributed by atoms with van der Waals surface area (Å²) in [7, 11) is 0. The van der Waals surface area contributed by atoms with E-state index in [-0.39, 0.29) is 11.7 Å². The lowest BCUT2D eigenvalue weighted by Crippen LogP contribution is -2.36. The molecule has 2 aromatic carbocycles. The zero-order valence-electron chi connectivity index (χ0n) is 14.2. The number of rotatable bonds is 4. The molecule has 1 N–H and O–H groups in total. The number of nitrogens with one attached hydrogen (secondary N) is 1. The third-order valence-electron chi connectivity index (χ3n) is 4.37. The van der Waals surface area contributed by atoms with Gasteiger partial charge in [0.2, 0.25) is 5.91 Å². The lowest BCUT2D eigenvalue weighted by atomic mass is 10.2. The van der Waals surface area contributed by atoms with Crippen molar-refractivity contribution in [2.45, 2.75) is 6.42 Å². The highest BCUT2D eigenvalue weighted by Gasteiger charge is 2.18. The van der Waals surface area contributed by atoms with Crippen LogP contribution in [-0.4, -0.2) is 43.5 Å². The highest BCUT2D eigenvalue weighted by atomic mass is 35.5. The maximum absolute atomic E-state index is 13.1. The fourth-order valence-electron chi connectivity index (χ4n) is 3.03. The number of nitrogens with zero attached hydrogens (tertiary/aromatic N) is 2. The summed E-state index contributed by atoms with van der Waals surface area (Å²) in [6.07, 6.45) is 0.933. The van der Waals surface area contributed by atoms with Crippen LogP contribution in [0.1, 0.15) is 6.42 Å². The molecule has 0 aromatic heterocycles. The molecule has 1 fully saturated rings. The summed E-state index contributed by atoms with van der Waals surface area (Å²) < 4.78 is 13.1. The van der Waals surface area contributed by atoms with E-state index >= 15 is 0 Å². The molecule has 138 valence electrons. The fraction of sp³-hybridized carbons (Fsp3) is 0.316. The Hall–Kier alpha value is -1.82. The minimum Gasteiger partial charge on any atom is -0.370 e. The number of hydrogen-bond donors (Lipinski definition) is 1. The van der Waals surface area contributed by atoms with Crippen molar-refractivity contribution in [3.63, 3.8) is 0 Å². The molecule has 0 radical (unpaired) electrons. The molecule has 1 heterocycles. The molecular formula is C19H20Cl2FN3O. The van der Waals surface area contributed by atoms with Crippen LogP contribution in [-0.2, 0) is 4.79 Å². The number of carbonyl (C=O) groups is 1. The van der Waals surface area contributed by atoms with Crippen molar-refractivity contribution in [1.82, 2.24) is 4.90 Å². The number of anilines is 2. The molecule has 0 bridgehead atoms. The van der Waals surface area contributed by atoms with Crippen molar-refractivity contribution < 1.29 is 9.18 Å². The van der Waals surface area contributed by atoms with E-state index in [1.54, 1.807) is 30.3 Å². The van der Waals surface area contributed by atoms with Crippen LogP contribution in [0.2, 0.25) is 10.0 Å². The average Bonchev–Trinajstić information content (AvgIpc) is 2.85. The van der Waals surface area contributed by atoms with Crippen molar-refractivity contribution >= 4 is 40.5 Å².